The number of nitrogens with zero attached hydrogens (tertiary/aromatic N) is 1. The van der Waals surface area contributed by atoms with Crippen LogP contribution < -0.4 is 11.2 Å². The molecule has 1 amide bonds. The van der Waals surface area contributed by atoms with E-state index < -0.39 is 0 Å². The number of rotatable bonds is 2. The van der Waals surface area contributed by atoms with Crippen LogP contribution in [-0.4, -0.2) is 37.2 Å². The van der Waals surface area contributed by atoms with Gasteiger partial charge in [-0.1, -0.05) is 6.07 Å². The van der Waals surface area contributed by atoms with Gasteiger partial charge in [0, 0.05) is 18.8 Å². The van der Waals surface area contributed by atoms with Crippen LogP contribution in [0.5, 0.6) is 0 Å². The quantitative estimate of drug-likeness (QED) is 0.800. The molecule has 0 saturated carbocycles. The molecule has 2 rings (SSSR count). The van der Waals surface area contributed by atoms with Gasteiger partial charge in [-0.05, 0) is 28.1 Å². The molecule has 5 nitrogen and oxygen atoms in total. The van der Waals surface area contributed by atoms with Gasteiger partial charge in [-0.25, -0.2) is 5.01 Å². The summed E-state index contributed by atoms with van der Waals surface area (Å²) in [6, 6.07) is 5.24. The van der Waals surface area contributed by atoms with Crippen LogP contribution in [0, 0.1) is 0 Å². The first-order valence-corrected chi connectivity index (χ1v) is 6.15. The molecule has 1 fully saturated rings. The number of anilines is 1. The Hall–Kier alpha value is -1.11. The van der Waals surface area contributed by atoms with Gasteiger partial charge in [0.1, 0.15) is 0 Å². The molecule has 0 radical (unpaired) electrons. The van der Waals surface area contributed by atoms with Crippen LogP contribution in [0.4, 0.5) is 5.69 Å². The minimum absolute atomic E-state index is 0.161. The van der Waals surface area contributed by atoms with E-state index in [0.29, 0.717) is 42.0 Å². The molecule has 0 aromatic heterocycles. The molecule has 1 heterocycles. The maximum absolute atomic E-state index is 12.0. The van der Waals surface area contributed by atoms with Crippen molar-refractivity contribution in [2.45, 2.75) is 0 Å². The highest BCUT2D eigenvalue weighted by Gasteiger charge is 2.16. The first-order chi connectivity index (χ1) is 8.18. The van der Waals surface area contributed by atoms with E-state index in [9.17, 15) is 4.79 Å². The number of benzene rings is 1. The van der Waals surface area contributed by atoms with Crippen molar-refractivity contribution in [1.82, 2.24) is 10.4 Å². The number of hydrazine groups is 1. The molecule has 0 bridgehead atoms. The maximum atomic E-state index is 12.0. The van der Waals surface area contributed by atoms with Crippen LogP contribution in [0.3, 0.4) is 0 Å². The van der Waals surface area contributed by atoms with Crippen molar-refractivity contribution in [2.24, 2.45) is 0 Å². The lowest BCUT2D eigenvalue weighted by Crippen LogP contribution is -2.48. The lowest BCUT2D eigenvalue weighted by atomic mass is 10.2. The highest BCUT2D eigenvalue weighted by molar-refractivity contribution is 9.10. The molecule has 0 aliphatic carbocycles. The van der Waals surface area contributed by atoms with Gasteiger partial charge in [-0.3, -0.25) is 10.2 Å². The Bertz CT molecular complexity index is 419. The second-order valence-corrected chi connectivity index (χ2v) is 4.54. The number of hydrogen-bond acceptors (Lipinski definition) is 4. The van der Waals surface area contributed by atoms with E-state index in [-0.39, 0.29) is 5.91 Å². The Kier molecular flexibility index (Phi) is 3.98. The van der Waals surface area contributed by atoms with E-state index in [1.54, 1.807) is 18.2 Å². The number of carbonyl (C=O) groups excluding carboxylic acids is 1. The molecule has 17 heavy (non-hydrogen) atoms. The number of halogens is 1. The molecule has 92 valence electrons. The number of carbonyl (C=O) groups is 1. The number of amides is 1. The van der Waals surface area contributed by atoms with Crippen LogP contribution >= 0.6 is 15.9 Å². The number of nitrogens with two attached hydrogens (primary N) is 1. The van der Waals surface area contributed by atoms with Gasteiger partial charge in [-0.15, -0.1) is 0 Å². The second-order valence-electron chi connectivity index (χ2n) is 3.75. The highest BCUT2D eigenvalue weighted by Crippen LogP contribution is 2.23. The monoisotopic (exact) mass is 299 g/mol. The van der Waals surface area contributed by atoms with Gasteiger partial charge >= 0.3 is 0 Å². The fraction of sp³-hybridized carbons (Fsp3) is 0.364. The molecule has 1 aromatic carbocycles. The van der Waals surface area contributed by atoms with Crippen molar-refractivity contribution in [1.29, 1.82) is 0 Å². The summed E-state index contributed by atoms with van der Waals surface area (Å²) in [5, 5.41) is 1.85. The fourth-order valence-electron chi connectivity index (χ4n) is 1.60. The van der Waals surface area contributed by atoms with E-state index in [4.69, 9.17) is 10.5 Å². The topological polar surface area (TPSA) is 67.6 Å². The van der Waals surface area contributed by atoms with Crippen LogP contribution in [0.2, 0.25) is 0 Å². The maximum Gasteiger partial charge on any atom is 0.266 e. The average molecular weight is 300 g/mol. The molecule has 3 N–H and O–H groups in total. The number of hydrogen-bond donors (Lipinski definition) is 2. The van der Waals surface area contributed by atoms with Gasteiger partial charge < -0.3 is 10.5 Å². The number of nitrogen functional groups attached to an aromatic ring is 1. The summed E-state index contributed by atoms with van der Waals surface area (Å²) in [6.45, 7) is 2.67. The first-order valence-electron chi connectivity index (χ1n) is 5.36. The molecule has 0 atom stereocenters. The summed E-state index contributed by atoms with van der Waals surface area (Å²) in [5.74, 6) is -0.161. The van der Waals surface area contributed by atoms with Crippen molar-refractivity contribution in [3.05, 3.63) is 28.2 Å². The largest absolute Gasteiger partial charge is 0.398 e. The SMILES string of the molecule is Nc1cccc(C(=O)NN2CCOCC2)c1Br. The van der Waals surface area contributed by atoms with Crippen LogP contribution in [0.25, 0.3) is 0 Å². The standard InChI is InChI=1S/C11H14BrN3O2/c12-10-8(2-1-3-9(10)13)11(16)14-15-4-6-17-7-5-15/h1-3H,4-7,13H2,(H,14,16). The third-order valence-electron chi connectivity index (χ3n) is 2.54. The van der Waals surface area contributed by atoms with Crippen molar-refractivity contribution >= 4 is 27.5 Å². The molecular weight excluding hydrogens is 286 g/mol. The summed E-state index contributed by atoms with van der Waals surface area (Å²) in [5.41, 5.74) is 9.66. The summed E-state index contributed by atoms with van der Waals surface area (Å²) in [6.07, 6.45) is 0. The van der Waals surface area contributed by atoms with Gasteiger partial charge in [0.2, 0.25) is 0 Å². The minimum Gasteiger partial charge on any atom is -0.398 e. The molecule has 1 aliphatic rings. The molecule has 6 heteroatoms. The van der Waals surface area contributed by atoms with Gasteiger partial charge in [-0.2, -0.15) is 0 Å². The van der Waals surface area contributed by atoms with E-state index in [0.717, 1.165) is 0 Å². The normalized spacial score (nSPS) is 16.8. The predicted octanol–water partition coefficient (Wildman–Crippen LogP) is 1.01. The molecule has 0 unspecified atom stereocenters. The lowest BCUT2D eigenvalue weighted by molar-refractivity contribution is 0.0126. The number of ether oxygens (including phenoxy) is 1. The minimum atomic E-state index is -0.161. The molecule has 1 saturated heterocycles. The average Bonchev–Trinajstić information content (AvgIpc) is 2.34. The Labute approximate surface area is 108 Å². The van der Waals surface area contributed by atoms with E-state index in [1.807, 2.05) is 5.01 Å². The number of nitrogens with one attached hydrogen (secondary N) is 1. The van der Waals surface area contributed by atoms with Crippen LogP contribution in [-0.2, 0) is 4.74 Å². The molecule has 1 aromatic rings. The summed E-state index contributed by atoms with van der Waals surface area (Å²) < 4.78 is 5.84. The summed E-state index contributed by atoms with van der Waals surface area (Å²) in [7, 11) is 0. The molecule has 0 spiro atoms. The smallest absolute Gasteiger partial charge is 0.266 e. The van der Waals surface area contributed by atoms with Crippen LogP contribution in [0.1, 0.15) is 10.4 Å². The third-order valence-corrected chi connectivity index (χ3v) is 3.43. The zero-order valence-electron chi connectivity index (χ0n) is 9.28. The van der Waals surface area contributed by atoms with E-state index in [1.165, 1.54) is 0 Å². The predicted molar refractivity (Wildman–Crippen MR) is 68.4 cm³/mol. The van der Waals surface area contributed by atoms with Crippen molar-refractivity contribution in [3.63, 3.8) is 0 Å². The van der Waals surface area contributed by atoms with Crippen molar-refractivity contribution < 1.29 is 9.53 Å². The van der Waals surface area contributed by atoms with E-state index >= 15 is 0 Å². The Morgan fingerprint density at radius 2 is 2.12 bits per heavy atom. The zero-order chi connectivity index (χ0) is 12.3. The lowest BCUT2D eigenvalue weighted by Gasteiger charge is -2.27. The highest BCUT2D eigenvalue weighted by atomic mass is 79.9. The zero-order valence-corrected chi connectivity index (χ0v) is 10.9. The van der Waals surface area contributed by atoms with Crippen molar-refractivity contribution in [2.75, 3.05) is 32.0 Å². The Morgan fingerprint density at radius 3 is 2.82 bits per heavy atom. The van der Waals surface area contributed by atoms with Gasteiger partial charge in [0.25, 0.3) is 5.91 Å². The fourth-order valence-corrected chi connectivity index (χ4v) is 2.05. The summed E-state index contributed by atoms with van der Waals surface area (Å²) in [4.78, 5) is 12.0. The van der Waals surface area contributed by atoms with Crippen LogP contribution in [0.15, 0.2) is 22.7 Å². The van der Waals surface area contributed by atoms with Crippen molar-refractivity contribution in [3.8, 4) is 0 Å². The van der Waals surface area contributed by atoms with Gasteiger partial charge in [0.05, 0.1) is 23.2 Å². The second kappa shape index (κ2) is 5.48. The van der Waals surface area contributed by atoms with Gasteiger partial charge in [0.15, 0.2) is 0 Å². The van der Waals surface area contributed by atoms with E-state index in [2.05, 4.69) is 21.4 Å². The molecular formula is C11H14BrN3O2. The summed E-state index contributed by atoms with van der Waals surface area (Å²) >= 11 is 3.32. The number of morpholine rings is 1. The Morgan fingerprint density at radius 1 is 1.41 bits per heavy atom. The Balaban J connectivity index is 2.06. The molecule has 1 aliphatic heterocycles. The first kappa shape index (κ1) is 12.3. The third kappa shape index (κ3) is 2.96.